The number of rotatable bonds is 3. The van der Waals surface area contributed by atoms with E-state index in [2.05, 4.69) is 27.3 Å². The van der Waals surface area contributed by atoms with E-state index in [0.29, 0.717) is 10.9 Å². The Hall–Kier alpha value is -3.59. The number of aromatic nitrogens is 2. The summed E-state index contributed by atoms with van der Waals surface area (Å²) in [6.07, 6.45) is -1.31. The number of anilines is 2. The first-order valence-corrected chi connectivity index (χ1v) is 9.22. The lowest BCUT2D eigenvalue weighted by Gasteiger charge is -2.34. The van der Waals surface area contributed by atoms with Gasteiger partial charge in [-0.15, -0.1) is 5.10 Å². The van der Waals surface area contributed by atoms with Crippen molar-refractivity contribution in [2.45, 2.75) is 0 Å². The molecule has 2 aromatic carbocycles. The van der Waals surface area contributed by atoms with Crippen molar-refractivity contribution in [3.05, 3.63) is 48.0 Å². The third kappa shape index (κ3) is 3.72. The topological polar surface area (TPSA) is 111 Å². The molecule has 1 amide bonds. The van der Waals surface area contributed by atoms with Gasteiger partial charge in [0.05, 0.1) is 5.52 Å². The Morgan fingerprint density at radius 1 is 1.03 bits per heavy atom. The standard InChI is InChI=1S/C20H21N5O4/c1-23-8-10-24(11-9-23)14-4-2-13(3-5-14)19(27)21-18-16-7-6-15(26)12-17(16)25(22-18)20(28)29/h2-7,12,26H,8-11H2,1H3,(H,28,29)(H,21,22,27). The first-order chi connectivity index (χ1) is 13.9. The summed E-state index contributed by atoms with van der Waals surface area (Å²) in [6.45, 7) is 3.87. The van der Waals surface area contributed by atoms with Crippen molar-refractivity contribution in [2.75, 3.05) is 43.4 Å². The molecule has 0 saturated carbocycles. The van der Waals surface area contributed by atoms with Crippen molar-refractivity contribution in [3.8, 4) is 5.75 Å². The van der Waals surface area contributed by atoms with Gasteiger partial charge in [0, 0.05) is 48.9 Å². The molecule has 1 aliphatic rings. The average Bonchev–Trinajstić information content (AvgIpc) is 3.06. The Balaban J connectivity index is 1.54. The number of carbonyl (C=O) groups excluding carboxylic acids is 1. The van der Waals surface area contributed by atoms with E-state index in [4.69, 9.17) is 0 Å². The maximum absolute atomic E-state index is 12.7. The maximum Gasteiger partial charge on any atom is 0.432 e. The number of aromatic hydroxyl groups is 1. The summed E-state index contributed by atoms with van der Waals surface area (Å²) in [4.78, 5) is 28.6. The first-order valence-electron chi connectivity index (χ1n) is 9.22. The van der Waals surface area contributed by atoms with Gasteiger partial charge in [-0.25, -0.2) is 4.79 Å². The number of amides is 1. The highest BCUT2D eigenvalue weighted by molar-refractivity contribution is 6.09. The number of nitrogens with zero attached hydrogens (tertiary/aromatic N) is 4. The second kappa shape index (κ2) is 7.44. The van der Waals surface area contributed by atoms with E-state index in [1.54, 1.807) is 12.1 Å². The molecular weight excluding hydrogens is 374 g/mol. The van der Waals surface area contributed by atoms with Crippen molar-refractivity contribution >= 4 is 34.4 Å². The van der Waals surface area contributed by atoms with Crippen LogP contribution in [0.5, 0.6) is 5.75 Å². The van der Waals surface area contributed by atoms with Gasteiger partial charge in [-0.3, -0.25) is 4.79 Å². The van der Waals surface area contributed by atoms with E-state index in [0.717, 1.165) is 36.5 Å². The van der Waals surface area contributed by atoms with Gasteiger partial charge >= 0.3 is 6.09 Å². The number of likely N-dealkylation sites (N-methyl/N-ethyl adjacent to an activating group) is 1. The fourth-order valence-electron chi connectivity index (χ4n) is 3.41. The molecule has 9 heteroatoms. The van der Waals surface area contributed by atoms with Gasteiger partial charge < -0.3 is 25.3 Å². The van der Waals surface area contributed by atoms with Crippen molar-refractivity contribution in [1.29, 1.82) is 0 Å². The summed E-state index contributed by atoms with van der Waals surface area (Å²) >= 11 is 0. The van der Waals surface area contributed by atoms with Gasteiger partial charge in [-0.1, -0.05) is 0 Å². The molecule has 0 spiro atoms. The summed E-state index contributed by atoms with van der Waals surface area (Å²) in [5, 5.41) is 26.0. The smallest absolute Gasteiger partial charge is 0.432 e. The molecular formula is C20H21N5O4. The minimum absolute atomic E-state index is 0.0859. The number of phenols is 1. The van der Waals surface area contributed by atoms with Gasteiger partial charge in [0.1, 0.15) is 5.75 Å². The Kier molecular flexibility index (Phi) is 4.81. The molecule has 0 aliphatic carbocycles. The number of piperazine rings is 1. The molecule has 4 rings (SSSR count). The van der Waals surface area contributed by atoms with E-state index in [9.17, 15) is 19.8 Å². The molecule has 3 N–H and O–H groups in total. The van der Waals surface area contributed by atoms with Crippen molar-refractivity contribution < 1.29 is 19.8 Å². The molecule has 3 aromatic rings. The fourth-order valence-corrected chi connectivity index (χ4v) is 3.41. The Labute approximate surface area is 166 Å². The van der Waals surface area contributed by atoms with E-state index < -0.39 is 6.09 Å². The van der Waals surface area contributed by atoms with E-state index in [1.807, 2.05) is 12.1 Å². The van der Waals surface area contributed by atoms with Crippen LogP contribution in [0.2, 0.25) is 0 Å². The minimum Gasteiger partial charge on any atom is -0.508 e. The number of carbonyl (C=O) groups is 2. The van der Waals surface area contributed by atoms with Crippen LogP contribution in [0.15, 0.2) is 42.5 Å². The molecule has 0 unspecified atom stereocenters. The van der Waals surface area contributed by atoms with Crippen LogP contribution < -0.4 is 10.2 Å². The number of hydrogen-bond donors (Lipinski definition) is 3. The predicted molar refractivity (Wildman–Crippen MR) is 109 cm³/mol. The summed E-state index contributed by atoms with van der Waals surface area (Å²) in [7, 11) is 2.10. The third-order valence-electron chi connectivity index (χ3n) is 5.08. The molecule has 1 fully saturated rings. The van der Waals surface area contributed by atoms with E-state index >= 15 is 0 Å². The second-order valence-electron chi connectivity index (χ2n) is 7.04. The molecule has 150 valence electrons. The van der Waals surface area contributed by atoms with Crippen LogP contribution in [-0.2, 0) is 0 Å². The number of benzene rings is 2. The zero-order chi connectivity index (χ0) is 20.5. The highest BCUT2D eigenvalue weighted by Crippen LogP contribution is 2.27. The Bertz CT molecular complexity index is 1070. The number of fused-ring (bicyclic) bond motifs is 1. The third-order valence-corrected chi connectivity index (χ3v) is 5.08. The largest absolute Gasteiger partial charge is 0.508 e. The maximum atomic E-state index is 12.7. The van der Waals surface area contributed by atoms with Gasteiger partial charge in [-0.2, -0.15) is 4.68 Å². The lowest BCUT2D eigenvalue weighted by atomic mass is 10.1. The molecule has 1 aliphatic heterocycles. The van der Waals surface area contributed by atoms with Crippen LogP contribution in [0.4, 0.5) is 16.3 Å². The molecule has 0 atom stereocenters. The lowest BCUT2D eigenvalue weighted by molar-refractivity contribution is 0.102. The van der Waals surface area contributed by atoms with Crippen LogP contribution in [0.1, 0.15) is 10.4 Å². The monoisotopic (exact) mass is 395 g/mol. The molecule has 0 radical (unpaired) electrons. The van der Waals surface area contributed by atoms with Crippen molar-refractivity contribution in [2.24, 2.45) is 0 Å². The van der Waals surface area contributed by atoms with E-state index in [1.165, 1.54) is 18.2 Å². The van der Waals surface area contributed by atoms with E-state index in [-0.39, 0.29) is 23.0 Å². The summed E-state index contributed by atoms with van der Waals surface area (Å²) in [5.41, 5.74) is 1.70. The van der Waals surface area contributed by atoms with Crippen LogP contribution in [-0.4, -0.2) is 70.1 Å². The van der Waals surface area contributed by atoms with Crippen LogP contribution in [0.25, 0.3) is 10.9 Å². The molecule has 1 aromatic heterocycles. The number of phenolic OH excluding ortho intramolecular Hbond substituents is 1. The first kappa shape index (κ1) is 18.8. The quantitative estimate of drug-likeness (QED) is 0.624. The molecule has 1 saturated heterocycles. The lowest BCUT2D eigenvalue weighted by Crippen LogP contribution is -2.44. The summed E-state index contributed by atoms with van der Waals surface area (Å²) in [6, 6.07) is 11.5. The highest BCUT2D eigenvalue weighted by atomic mass is 16.4. The Morgan fingerprint density at radius 3 is 2.38 bits per heavy atom. The van der Waals surface area contributed by atoms with Crippen LogP contribution in [0, 0.1) is 0 Å². The number of carboxylic acid groups (broad SMARTS) is 1. The molecule has 29 heavy (non-hydrogen) atoms. The normalized spacial score (nSPS) is 14.9. The summed E-state index contributed by atoms with van der Waals surface area (Å²) in [5.74, 6) is -0.354. The zero-order valence-electron chi connectivity index (χ0n) is 15.9. The van der Waals surface area contributed by atoms with Crippen molar-refractivity contribution in [3.63, 3.8) is 0 Å². The van der Waals surface area contributed by atoms with Crippen molar-refractivity contribution in [1.82, 2.24) is 14.7 Å². The Morgan fingerprint density at radius 2 is 1.72 bits per heavy atom. The highest BCUT2D eigenvalue weighted by Gasteiger charge is 2.19. The molecule has 2 heterocycles. The van der Waals surface area contributed by atoms with Gasteiger partial charge in [0.25, 0.3) is 5.91 Å². The number of hydrogen-bond acceptors (Lipinski definition) is 6. The SMILES string of the molecule is CN1CCN(c2ccc(C(=O)Nc3nn(C(=O)O)c4cc(O)ccc34)cc2)CC1. The second-order valence-corrected chi connectivity index (χ2v) is 7.04. The van der Waals surface area contributed by atoms with Crippen LogP contribution >= 0.6 is 0 Å². The van der Waals surface area contributed by atoms with Crippen LogP contribution in [0.3, 0.4) is 0 Å². The number of nitrogens with one attached hydrogen (secondary N) is 1. The van der Waals surface area contributed by atoms with Gasteiger partial charge in [0.15, 0.2) is 5.82 Å². The predicted octanol–water partition coefficient (Wildman–Crippen LogP) is 2.27. The van der Waals surface area contributed by atoms with Gasteiger partial charge in [-0.05, 0) is 43.4 Å². The molecule has 0 bridgehead atoms. The van der Waals surface area contributed by atoms with Gasteiger partial charge in [0.2, 0.25) is 0 Å². The fraction of sp³-hybridized carbons (Fsp3) is 0.250. The zero-order valence-corrected chi connectivity index (χ0v) is 15.9. The molecule has 9 nitrogen and oxygen atoms in total. The average molecular weight is 395 g/mol. The minimum atomic E-state index is -1.31. The summed E-state index contributed by atoms with van der Waals surface area (Å²) < 4.78 is 0.723.